The number of halogens is 2. The van der Waals surface area contributed by atoms with Crippen LogP contribution in [0.2, 0.25) is 8.67 Å². The van der Waals surface area contributed by atoms with Crippen LogP contribution in [0.25, 0.3) is 0 Å². The number of esters is 1. The molecule has 1 saturated heterocycles. The molecule has 0 radical (unpaired) electrons. The number of ether oxygens (including phenoxy) is 2. The SMILES string of the molecule is O=C(NC[C@@H](CNc1ccc(N2CCOCC2=O)cc1)OC(=O)c1ccc(Cl)s1)c1ccc(Cl)s1. The number of thiophene rings is 2. The maximum absolute atomic E-state index is 12.6. The van der Waals surface area contributed by atoms with Crippen LogP contribution in [0.1, 0.15) is 19.3 Å². The van der Waals surface area contributed by atoms with Crippen molar-refractivity contribution < 1.29 is 23.9 Å². The number of anilines is 2. The van der Waals surface area contributed by atoms with E-state index in [0.29, 0.717) is 31.6 Å². The van der Waals surface area contributed by atoms with Crippen LogP contribution in [0.5, 0.6) is 0 Å². The van der Waals surface area contributed by atoms with Crippen molar-refractivity contribution >= 4 is 75.0 Å². The third kappa shape index (κ3) is 6.96. The van der Waals surface area contributed by atoms with Gasteiger partial charge in [-0.25, -0.2) is 4.79 Å². The fourth-order valence-electron chi connectivity index (χ4n) is 3.30. The minimum absolute atomic E-state index is 0.0753. The summed E-state index contributed by atoms with van der Waals surface area (Å²) in [7, 11) is 0. The number of nitrogens with zero attached hydrogens (tertiary/aromatic N) is 1. The number of benzene rings is 1. The number of morpholine rings is 1. The van der Waals surface area contributed by atoms with Gasteiger partial charge < -0.3 is 25.0 Å². The van der Waals surface area contributed by atoms with Gasteiger partial charge in [0.05, 0.1) is 33.2 Å². The van der Waals surface area contributed by atoms with Crippen molar-refractivity contribution in [1.29, 1.82) is 0 Å². The van der Waals surface area contributed by atoms with Gasteiger partial charge in [0.1, 0.15) is 17.6 Å². The van der Waals surface area contributed by atoms with E-state index in [1.165, 1.54) is 11.3 Å². The number of amides is 2. The van der Waals surface area contributed by atoms with E-state index >= 15 is 0 Å². The first-order valence-electron chi connectivity index (χ1n) is 10.6. The molecule has 0 saturated carbocycles. The Labute approximate surface area is 219 Å². The van der Waals surface area contributed by atoms with Gasteiger partial charge in [0, 0.05) is 17.9 Å². The average Bonchev–Trinajstić information content (AvgIpc) is 3.49. The van der Waals surface area contributed by atoms with Crippen molar-refractivity contribution in [2.24, 2.45) is 0 Å². The van der Waals surface area contributed by atoms with Gasteiger partial charge in [0.15, 0.2) is 0 Å². The molecule has 2 N–H and O–H groups in total. The lowest BCUT2D eigenvalue weighted by Crippen LogP contribution is -2.41. The summed E-state index contributed by atoms with van der Waals surface area (Å²) >= 11 is 14.1. The lowest BCUT2D eigenvalue weighted by molar-refractivity contribution is -0.125. The third-order valence-electron chi connectivity index (χ3n) is 5.03. The summed E-state index contributed by atoms with van der Waals surface area (Å²) in [6.07, 6.45) is -0.664. The number of carbonyl (C=O) groups is 3. The maximum atomic E-state index is 12.6. The molecule has 4 rings (SSSR count). The number of hydrogen-bond donors (Lipinski definition) is 2. The Morgan fingerprint density at radius 1 is 1.00 bits per heavy atom. The van der Waals surface area contributed by atoms with Crippen molar-refractivity contribution in [2.75, 3.05) is 43.1 Å². The summed E-state index contributed by atoms with van der Waals surface area (Å²) in [5.74, 6) is -0.912. The largest absolute Gasteiger partial charge is 0.454 e. The Kier molecular flexibility index (Phi) is 8.64. The molecule has 2 amide bonds. The molecule has 1 aliphatic heterocycles. The van der Waals surface area contributed by atoms with Gasteiger partial charge in [-0.15, -0.1) is 22.7 Å². The molecule has 0 spiro atoms. The van der Waals surface area contributed by atoms with Crippen LogP contribution in [-0.4, -0.2) is 56.7 Å². The highest BCUT2D eigenvalue weighted by Gasteiger charge is 2.21. The Bertz CT molecular complexity index is 1200. The van der Waals surface area contributed by atoms with Crippen LogP contribution in [0.4, 0.5) is 11.4 Å². The predicted octanol–water partition coefficient (Wildman–Crippen LogP) is 4.55. The number of rotatable bonds is 9. The highest BCUT2D eigenvalue weighted by atomic mass is 35.5. The first-order chi connectivity index (χ1) is 16.9. The summed E-state index contributed by atoms with van der Waals surface area (Å²) in [4.78, 5) is 39.6. The highest BCUT2D eigenvalue weighted by Crippen LogP contribution is 2.24. The second kappa shape index (κ2) is 11.9. The molecule has 1 aliphatic rings. The smallest absolute Gasteiger partial charge is 0.348 e. The lowest BCUT2D eigenvalue weighted by atomic mass is 10.2. The quantitative estimate of drug-likeness (QED) is 0.377. The van der Waals surface area contributed by atoms with Crippen molar-refractivity contribution in [3.8, 4) is 0 Å². The molecule has 35 heavy (non-hydrogen) atoms. The van der Waals surface area contributed by atoms with Crippen molar-refractivity contribution in [1.82, 2.24) is 5.32 Å². The summed E-state index contributed by atoms with van der Waals surface area (Å²) < 4.78 is 11.8. The summed E-state index contributed by atoms with van der Waals surface area (Å²) in [6, 6.07) is 13.8. The molecule has 1 aromatic carbocycles. The zero-order valence-electron chi connectivity index (χ0n) is 18.3. The molecule has 3 aromatic rings. The molecule has 2 aromatic heterocycles. The molecule has 184 valence electrons. The van der Waals surface area contributed by atoms with Gasteiger partial charge in [-0.05, 0) is 48.5 Å². The minimum atomic E-state index is -0.664. The number of hydrogen-bond acceptors (Lipinski definition) is 8. The van der Waals surface area contributed by atoms with Gasteiger partial charge in [-0.3, -0.25) is 9.59 Å². The van der Waals surface area contributed by atoms with E-state index in [0.717, 1.165) is 22.7 Å². The van der Waals surface area contributed by atoms with Crippen molar-refractivity contribution in [3.05, 3.63) is 67.0 Å². The summed E-state index contributed by atoms with van der Waals surface area (Å²) in [5, 5.41) is 6.00. The molecule has 1 fully saturated rings. The van der Waals surface area contributed by atoms with Crippen LogP contribution in [0.3, 0.4) is 0 Å². The molecular weight excluding hydrogens is 533 g/mol. The van der Waals surface area contributed by atoms with E-state index in [9.17, 15) is 14.4 Å². The van der Waals surface area contributed by atoms with Crippen LogP contribution in [0.15, 0.2) is 48.5 Å². The topological polar surface area (TPSA) is 97.0 Å². The predicted molar refractivity (Wildman–Crippen MR) is 138 cm³/mol. The molecular formula is C23H21Cl2N3O5S2. The normalized spacial score (nSPS) is 14.5. The van der Waals surface area contributed by atoms with E-state index in [1.54, 1.807) is 29.2 Å². The molecule has 1 atom stereocenters. The van der Waals surface area contributed by atoms with Crippen LogP contribution < -0.4 is 15.5 Å². The first-order valence-corrected chi connectivity index (χ1v) is 13.0. The molecule has 0 aliphatic carbocycles. The van der Waals surface area contributed by atoms with Crippen molar-refractivity contribution in [3.63, 3.8) is 0 Å². The lowest BCUT2D eigenvalue weighted by Gasteiger charge is -2.27. The average molecular weight is 554 g/mol. The molecule has 8 nitrogen and oxygen atoms in total. The summed E-state index contributed by atoms with van der Waals surface area (Å²) in [5.41, 5.74) is 1.55. The van der Waals surface area contributed by atoms with Gasteiger partial charge in [0.2, 0.25) is 0 Å². The Morgan fingerprint density at radius 2 is 1.69 bits per heavy atom. The highest BCUT2D eigenvalue weighted by molar-refractivity contribution is 7.18. The zero-order valence-corrected chi connectivity index (χ0v) is 21.4. The van der Waals surface area contributed by atoms with Gasteiger partial charge in [-0.1, -0.05) is 23.2 Å². The Balaban J connectivity index is 1.38. The molecule has 12 heteroatoms. The van der Waals surface area contributed by atoms with E-state index in [-0.39, 0.29) is 31.5 Å². The molecule has 3 heterocycles. The zero-order chi connectivity index (χ0) is 24.8. The van der Waals surface area contributed by atoms with Gasteiger partial charge >= 0.3 is 5.97 Å². The first kappa shape index (κ1) is 25.5. The third-order valence-corrected chi connectivity index (χ3v) is 7.48. The van der Waals surface area contributed by atoms with E-state index < -0.39 is 12.1 Å². The van der Waals surface area contributed by atoms with E-state index in [4.69, 9.17) is 32.7 Å². The number of carbonyl (C=O) groups excluding carboxylic acids is 3. The second-order valence-electron chi connectivity index (χ2n) is 7.47. The fourth-order valence-corrected chi connectivity index (χ4v) is 5.19. The standard InChI is InChI=1S/C23H21Cl2N3O5S2/c24-19-7-5-17(34-19)22(30)27-12-16(33-23(31)18-6-8-20(25)35-18)11-26-14-1-3-15(4-2-14)28-9-10-32-13-21(28)29/h1-8,16,26H,9-13H2,(H,27,30)/t16-/m1/s1. The summed E-state index contributed by atoms with van der Waals surface area (Å²) in [6.45, 7) is 1.41. The van der Waals surface area contributed by atoms with E-state index in [1.807, 2.05) is 24.3 Å². The van der Waals surface area contributed by atoms with Crippen LogP contribution >= 0.6 is 45.9 Å². The second-order valence-corrected chi connectivity index (χ2v) is 10.9. The fraction of sp³-hybridized carbons (Fsp3) is 0.261. The molecule has 0 unspecified atom stereocenters. The van der Waals surface area contributed by atoms with Gasteiger partial charge in [0.25, 0.3) is 11.8 Å². The Hall–Kier alpha value is -2.63. The minimum Gasteiger partial charge on any atom is -0.454 e. The van der Waals surface area contributed by atoms with Crippen molar-refractivity contribution in [2.45, 2.75) is 6.10 Å². The van der Waals surface area contributed by atoms with Crippen LogP contribution in [0, 0.1) is 0 Å². The maximum Gasteiger partial charge on any atom is 0.348 e. The van der Waals surface area contributed by atoms with E-state index in [2.05, 4.69) is 10.6 Å². The monoisotopic (exact) mass is 553 g/mol. The Morgan fingerprint density at radius 3 is 2.31 bits per heavy atom. The molecule has 0 bridgehead atoms. The van der Waals surface area contributed by atoms with Crippen LogP contribution in [-0.2, 0) is 14.3 Å². The van der Waals surface area contributed by atoms with Gasteiger partial charge in [-0.2, -0.15) is 0 Å². The number of nitrogens with one attached hydrogen (secondary N) is 2.